The molecule has 1 saturated heterocycles. The van der Waals surface area contributed by atoms with E-state index in [1.54, 1.807) is 10.7 Å². The lowest BCUT2D eigenvalue weighted by atomic mass is 9.87. The predicted octanol–water partition coefficient (Wildman–Crippen LogP) is 5.13. The Balaban J connectivity index is 1.22. The fraction of sp³-hybridized carbons (Fsp3) is 0.357. The largest absolute Gasteiger partial charge is 0.355 e. The lowest BCUT2D eigenvalue weighted by molar-refractivity contribution is 0.102. The summed E-state index contributed by atoms with van der Waals surface area (Å²) in [5, 5.41) is 7.67. The molecule has 4 aromatic rings. The fourth-order valence-electron chi connectivity index (χ4n) is 4.59. The summed E-state index contributed by atoms with van der Waals surface area (Å²) < 4.78 is 1.74. The van der Waals surface area contributed by atoms with Crippen LogP contribution in [0, 0.1) is 5.92 Å². The monoisotopic (exact) mass is 468 g/mol. The van der Waals surface area contributed by atoms with Crippen LogP contribution in [0.4, 0.5) is 11.6 Å². The molecule has 1 aliphatic rings. The first-order valence-corrected chi connectivity index (χ1v) is 12.3. The van der Waals surface area contributed by atoms with E-state index in [1.165, 1.54) is 11.3 Å². The molecule has 5 rings (SSSR count). The zero-order valence-electron chi connectivity index (χ0n) is 20.6. The highest BCUT2D eigenvalue weighted by atomic mass is 16.1. The molecule has 1 aromatic carbocycles. The molecule has 1 aliphatic heterocycles. The lowest BCUT2D eigenvalue weighted by Crippen LogP contribution is -2.35. The van der Waals surface area contributed by atoms with E-state index in [9.17, 15) is 4.79 Å². The maximum atomic E-state index is 12.7. The molecule has 180 valence electrons. The molecule has 3 aromatic heterocycles. The van der Waals surface area contributed by atoms with Crippen molar-refractivity contribution in [1.29, 1.82) is 0 Å². The predicted molar refractivity (Wildman–Crippen MR) is 139 cm³/mol. The molecule has 0 atom stereocenters. The van der Waals surface area contributed by atoms with Crippen molar-refractivity contribution in [2.45, 2.75) is 45.4 Å². The topological polar surface area (TPSA) is 75.4 Å². The van der Waals surface area contributed by atoms with Crippen LogP contribution in [0.1, 0.15) is 55.2 Å². The molecule has 0 bridgehead atoms. The maximum Gasteiger partial charge on any atom is 0.256 e. The lowest BCUT2D eigenvalue weighted by Gasteiger charge is -2.32. The van der Waals surface area contributed by atoms with Gasteiger partial charge in [0.2, 0.25) is 0 Å². The maximum absolute atomic E-state index is 12.7. The minimum absolute atomic E-state index is 0.0500. The van der Waals surface area contributed by atoms with Gasteiger partial charge in [0.05, 0.1) is 6.20 Å². The van der Waals surface area contributed by atoms with Crippen molar-refractivity contribution in [1.82, 2.24) is 19.6 Å². The summed E-state index contributed by atoms with van der Waals surface area (Å²) in [5.74, 6) is 1.90. The third-order valence-corrected chi connectivity index (χ3v) is 6.72. The fourth-order valence-corrected chi connectivity index (χ4v) is 4.59. The van der Waals surface area contributed by atoms with Gasteiger partial charge in [0.15, 0.2) is 11.5 Å². The molecule has 35 heavy (non-hydrogen) atoms. The summed E-state index contributed by atoms with van der Waals surface area (Å²) in [6, 6.07) is 17.8. The number of rotatable bonds is 5. The van der Waals surface area contributed by atoms with Gasteiger partial charge in [0.1, 0.15) is 5.82 Å². The number of anilines is 2. The summed E-state index contributed by atoms with van der Waals surface area (Å²) in [6.45, 7) is 8.41. The second-order valence-corrected chi connectivity index (χ2v) is 10.4. The minimum Gasteiger partial charge on any atom is -0.355 e. The van der Waals surface area contributed by atoms with Gasteiger partial charge in [0.25, 0.3) is 5.91 Å². The quantitative estimate of drug-likeness (QED) is 0.439. The van der Waals surface area contributed by atoms with Gasteiger partial charge < -0.3 is 10.2 Å². The number of aromatic nitrogens is 4. The van der Waals surface area contributed by atoms with Crippen molar-refractivity contribution in [3.8, 4) is 0 Å². The van der Waals surface area contributed by atoms with Crippen LogP contribution in [0.3, 0.4) is 0 Å². The van der Waals surface area contributed by atoms with Crippen molar-refractivity contribution in [2.24, 2.45) is 5.92 Å². The molecule has 0 aliphatic carbocycles. The molecule has 0 saturated carbocycles. The summed E-state index contributed by atoms with van der Waals surface area (Å²) in [4.78, 5) is 24.1. The van der Waals surface area contributed by atoms with E-state index in [-0.39, 0.29) is 11.3 Å². The van der Waals surface area contributed by atoms with E-state index in [2.05, 4.69) is 53.1 Å². The number of nitrogens with zero attached hydrogens (tertiary/aromatic N) is 5. The number of piperidine rings is 1. The normalized spacial score (nSPS) is 14.9. The number of imidazole rings is 1. The summed E-state index contributed by atoms with van der Waals surface area (Å²) in [7, 11) is 0. The van der Waals surface area contributed by atoms with Crippen molar-refractivity contribution < 1.29 is 4.79 Å². The molecule has 4 heterocycles. The van der Waals surface area contributed by atoms with Crippen LogP contribution in [-0.4, -0.2) is 38.6 Å². The molecule has 7 heteroatoms. The highest BCUT2D eigenvalue weighted by Crippen LogP contribution is 2.25. The van der Waals surface area contributed by atoms with Gasteiger partial charge in [-0.05, 0) is 72.6 Å². The van der Waals surface area contributed by atoms with Crippen molar-refractivity contribution >= 4 is 23.2 Å². The highest BCUT2D eigenvalue weighted by molar-refractivity contribution is 6.03. The first-order chi connectivity index (χ1) is 16.8. The molecule has 0 spiro atoms. The van der Waals surface area contributed by atoms with Crippen LogP contribution in [0.2, 0.25) is 0 Å². The van der Waals surface area contributed by atoms with E-state index in [4.69, 9.17) is 5.10 Å². The molecular formula is C28H32N6O. The number of pyridine rings is 1. The van der Waals surface area contributed by atoms with Crippen LogP contribution in [0.5, 0.6) is 0 Å². The number of benzene rings is 1. The first-order valence-electron chi connectivity index (χ1n) is 12.3. The van der Waals surface area contributed by atoms with Crippen LogP contribution in [-0.2, 0) is 11.8 Å². The number of fused-ring (bicyclic) bond motifs is 1. The number of nitrogens with one attached hydrogen (secondary N) is 1. The van der Waals surface area contributed by atoms with E-state index in [0.717, 1.165) is 38.2 Å². The van der Waals surface area contributed by atoms with Gasteiger partial charge >= 0.3 is 0 Å². The van der Waals surface area contributed by atoms with Gasteiger partial charge in [-0.1, -0.05) is 39.0 Å². The van der Waals surface area contributed by atoms with Gasteiger partial charge in [-0.3, -0.25) is 9.78 Å². The van der Waals surface area contributed by atoms with Gasteiger partial charge in [-0.15, -0.1) is 5.10 Å². The van der Waals surface area contributed by atoms with Crippen LogP contribution >= 0.6 is 0 Å². The van der Waals surface area contributed by atoms with E-state index < -0.39 is 0 Å². The van der Waals surface area contributed by atoms with E-state index in [0.29, 0.717) is 22.9 Å². The van der Waals surface area contributed by atoms with Gasteiger partial charge in [0, 0.05) is 30.5 Å². The zero-order chi connectivity index (χ0) is 24.4. The SMILES string of the molecule is CC(C)(C)c1ccc(C(=O)Nc2cn3nc(N4CCC(Cc5ccccn5)CC4)ccc3n2)cc1. The Morgan fingerprint density at radius 3 is 2.49 bits per heavy atom. The van der Waals surface area contributed by atoms with Crippen LogP contribution < -0.4 is 10.2 Å². The number of amides is 1. The molecule has 1 fully saturated rings. The summed E-state index contributed by atoms with van der Waals surface area (Å²) in [5.41, 5.74) is 3.73. The molecular weight excluding hydrogens is 436 g/mol. The zero-order valence-corrected chi connectivity index (χ0v) is 20.6. The average molecular weight is 469 g/mol. The second kappa shape index (κ2) is 9.49. The molecule has 7 nitrogen and oxygen atoms in total. The third-order valence-electron chi connectivity index (χ3n) is 6.72. The Hall–Kier alpha value is -3.74. The highest BCUT2D eigenvalue weighted by Gasteiger charge is 2.21. The molecule has 0 radical (unpaired) electrons. The molecule has 1 amide bonds. The van der Waals surface area contributed by atoms with Gasteiger partial charge in [-0.2, -0.15) is 0 Å². The average Bonchev–Trinajstić information content (AvgIpc) is 3.26. The van der Waals surface area contributed by atoms with E-state index >= 15 is 0 Å². The summed E-state index contributed by atoms with van der Waals surface area (Å²) in [6.07, 6.45) is 6.91. The smallest absolute Gasteiger partial charge is 0.256 e. The van der Waals surface area contributed by atoms with Crippen LogP contribution in [0.25, 0.3) is 5.65 Å². The molecule has 0 unspecified atom stereocenters. The second-order valence-electron chi connectivity index (χ2n) is 10.4. The minimum atomic E-state index is -0.177. The number of carbonyl (C=O) groups is 1. The van der Waals surface area contributed by atoms with Crippen molar-refractivity contribution in [3.05, 3.63) is 83.8 Å². The number of hydrogen-bond acceptors (Lipinski definition) is 5. The molecule has 1 N–H and O–H groups in total. The Labute approximate surface area is 206 Å². The van der Waals surface area contributed by atoms with E-state index in [1.807, 2.05) is 48.7 Å². The summed E-state index contributed by atoms with van der Waals surface area (Å²) >= 11 is 0. The Morgan fingerprint density at radius 1 is 1.03 bits per heavy atom. The number of carbonyl (C=O) groups excluding carboxylic acids is 1. The first kappa shape index (κ1) is 23.0. The van der Waals surface area contributed by atoms with Gasteiger partial charge in [-0.25, -0.2) is 9.50 Å². The Kier molecular flexibility index (Phi) is 6.24. The Morgan fingerprint density at radius 2 is 1.80 bits per heavy atom. The Bertz CT molecular complexity index is 1300. The number of hydrogen-bond donors (Lipinski definition) is 1. The standard InChI is InChI=1S/C28H32N6O/c1-28(2,3)22-9-7-21(8-10-22)27(35)31-24-19-34-25(30-24)11-12-26(32-34)33-16-13-20(14-17-33)18-23-6-4-5-15-29-23/h4-12,15,19-20H,13-14,16-18H2,1-3H3,(H,31,35). The van der Waals surface area contributed by atoms with Crippen molar-refractivity contribution in [2.75, 3.05) is 23.3 Å². The van der Waals surface area contributed by atoms with Crippen LogP contribution in [0.15, 0.2) is 67.0 Å². The third kappa shape index (κ3) is 5.34. The van der Waals surface area contributed by atoms with Crippen molar-refractivity contribution in [3.63, 3.8) is 0 Å².